The first kappa shape index (κ1) is 39.7. The summed E-state index contributed by atoms with van der Waals surface area (Å²) < 4.78 is 55.0. The van der Waals surface area contributed by atoms with E-state index in [0.717, 1.165) is 6.92 Å². The number of sulfonamides is 1. The van der Waals surface area contributed by atoms with Gasteiger partial charge in [0.2, 0.25) is 15.9 Å². The number of anilines is 1. The highest BCUT2D eigenvalue weighted by Crippen LogP contribution is 2.36. The fourth-order valence-corrected chi connectivity index (χ4v) is 8.31. The SMILES string of the molecule is CCS(=O)(=O)NC(=O)c1csc2c(-c3cc(Cl)ccc3C#CCn3c(C)nc4cnc(N(C)C5CCN(CCC(C)(F)F)CC5)c(C#N)c4c3=O)ccnc12. The number of nitrogens with zero attached hydrogens (tertiary/aromatic N) is 7. The molecule has 1 aliphatic rings. The van der Waals surface area contributed by atoms with E-state index < -0.39 is 27.4 Å². The molecule has 1 amide bonds. The number of alkyl halides is 2. The Hall–Kier alpha value is -5.00. The number of aromatic nitrogens is 4. The minimum Gasteiger partial charge on any atom is -0.355 e. The van der Waals surface area contributed by atoms with Gasteiger partial charge in [0, 0.05) is 72.4 Å². The van der Waals surface area contributed by atoms with Gasteiger partial charge < -0.3 is 9.80 Å². The molecule has 55 heavy (non-hydrogen) atoms. The molecule has 6 rings (SSSR count). The van der Waals surface area contributed by atoms with Crippen LogP contribution in [0.3, 0.4) is 0 Å². The number of halogens is 3. The van der Waals surface area contributed by atoms with Crippen molar-refractivity contribution in [3.05, 3.63) is 79.9 Å². The van der Waals surface area contributed by atoms with Gasteiger partial charge in [-0.3, -0.25) is 19.1 Å². The lowest BCUT2D eigenvalue weighted by atomic mass is 10.00. The zero-order valence-corrected chi connectivity index (χ0v) is 32.9. The number of fused-ring (bicyclic) bond motifs is 2. The lowest BCUT2D eigenvalue weighted by Gasteiger charge is -2.37. The first-order valence-corrected chi connectivity index (χ1v) is 20.3. The molecule has 0 unspecified atom stereocenters. The number of aryl methyl sites for hydroxylation is 1. The Kier molecular flexibility index (Phi) is 11.5. The van der Waals surface area contributed by atoms with E-state index in [2.05, 4.69) is 37.6 Å². The molecule has 1 aliphatic heterocycles. The van der Waals surface area contributed by atoms with Crippen LogP contribution >= 0.6 is 22.9 Å². The van der Waals surface area contributed by atoms with Crippen LogP contribution in [0.1, 0.15) is 60.4 Å². The van der Waals surface area contributed by atoms with Gasteiger partial charge in [0.05, 0.1) is 45.2 Å². The summed E-state index contributed by atoms with van der Waals surface area (Å²) in [6.45, 7) is 5.55. The lowest BCUT2D eigenvalue weighted by molar-refractivity contribution is 0.00124. The number of pyridine rings is 2. The number of benzene rings is 1. The van der Waals surface area contributed by atoms with Crippen LogP contribution in [-0.2, 0) is 16.6 Å². The van der Waals surface area contributed by atoms with Gasteiger partial charge in [-0.2, -0.15) is 5.26 Å². The van der Waals surface area contributed by atoms with E-state index in [0.29, 0.717) is 76.0 Å². The average Bonchev–Trinajstić information content (AvgIpc) is 3.60. The Morgan fingerprint density at radius 3 is 2.64 bits per heavy atom. The second-order valence-electron chi connectivity index (χ2n) is 13.4. The van der Waals surface area contributed by atoms with E-state index in [1.54, 1.807) is 36.6 Å². The smallest absolute Gasteiger partial charge is 0.267 e. The zero-order chi connectivity index (χ0) is 39.7. The largest absolute Gasteiger partial charge is 0.355 e. The number of carbonyl (C=O) groups is 1. The van der Waals surface area contributed by atoms with Crippen LogP contribution in [0.25, 0.3) is 32.2 Å². The monoisotopic (exact) mass is 806 g/mol. The number of thiophene rings is 1. The summed E-state index contributed by atoms with van der Waals surface area (Å²) in [4.78, 5) is 44.3. The van der Waals surface area contributed by atoms with Gasteiger partial charge in [0.15, 0.2) is 0 Å². The molecule has 5 heterocycles. The maximum Gasteiger partial charge on any atom is 0.267 e. The molecule has 1 N–H and O–H groups in total. The van der Waals surface area contributed by atoms with E-state index in [1.807, 2.05) is 16.8 Å². The third-order valence-corrected chi connectivity index (χ3v) is 12.1. The van der Waals surface area contributed by atoms with Crippen LogP contribution in [0.2, 0.25) is 5.02 Å². The Labute approximate surface area is 325 Å². The number of carbonyl (C=O) groups excluding carboxylic acids is 1. The van der Waals surface area contributed by atoms with Crippen LogP contribution in [0.4, 0.5) is 14.6 Å². The topological polar surface area (TPSA) is 154 Å². The molecule has 0 aliphatic carbocycles. The molecule has 1 saturated heterocycles. The van der Waals surface area contributed by atoms with E-state index in [1.165, 1.54) is 35.2 Å². The molecule has 4 aromatic heterocycles. The van der Waals surface area contributed by atoms with Crippen molar-refractivity contribution in [1.29, 1.82) is 5.26 Å². The molecule has 1 fully saturated rings. The third kappa shape index (κ3) is 8.63. The van der Waals surface area contributed by atoms with Crippen molar-refractivity contribution in [2.75, 3.05) is 37.3 Å². The lowest BCUT2D eigenvalue weighted by Crippen LogP contribution is -2.44. The van der Waals surface area contributed by atoms with Crippen LogP contribution in [-0.4, -0.2) is 83.1 Å². The number of piperidine rings is 1. The number of hydrogen-bond donors (Lipinski definition) is 1. The van der Waals surface area contributed by atoms with Crippen molar-refractivity contribution in [2.24, 2.45) is 0 Å². The zero-order valence-electron chi connectivity index (χ0n) is 30.5. The Balaban J connectivity index is 1.29. The summed E-state index contributed by atoms with van der Waals surface area (Å²) in [5, 5.41) is 12.4. The standard InChI is InChI=1S/C38H37ClF2N8O4S2/c1-5-55(52,53)46-36(50)30-22-54-34-27(10-14-43-33(30)34)28-19-25(39)9-8-24(28)7-6-15-49-23(2)45-31-21-44-35(29(20-42)32(31)37(49)51)47(4)26-11-16-48(17-12-26)18-13-38(3,40)41/h8-10,14,19,21-22,26H,5,11-13,15-18H2,1-4H3,(H,46,50). The van der Waals surface area contributed by atoms with Crippen molar-refractivity contribution in [2.45, 2.75) is 58.5 Å². The highest BCUT2D eigenvalue weighted by Gasteiger charge is 2.29. The Morgan fingerprint density at radius 1 is 1.20 bits per heavy atom. The molecule has 0 saturated carbocycles. The summed E-state index contributed by atoms with van der Waals surface area (Å²) in [5.74, 6) is 3.20. The first-order valence-electron chi connectivity index (χ1n) is 17.4. The van der Waals surface area contributed by atoms with E-state index >= 15 is 0 Å². The minimum absolute atomic E-state index is 0.00716. The normalized spacial score (nSPS) is 14.1. The number of hydrogen-bond acceptors (Lipinski definition) is 11. The van der Waals surface area contributed by atoms with Gasteiger partial charge in [0.25, 0.3) is 11.5 Å². The first-order chi connectivity index (χ1) is 26.1. The van der Waals surface area contributed by atoms with Crippen molar-refractivity contribution in [3.8, 4) is 29.0 Å². The molecular weight excluding hydrogens is 770 g/mol. The van der Waals surface area contributed by atoms with Crippen LogP contribution in [0, 0.1) is 30.1 Å². The van der Waals surface area contributed by atoms with Crippen LogP contribution in [0.5, 0.6) is 0 Å². The summed E-state index contributed by atoms with van der Waals surface area (Å²) >= 11 is 7.66. The van der Waals surface area contributed by atoms with E-state index in [4.69, 9.17) is 11.6 Å². The minimum atomic E-state index is -3.79. The van der Waals surface area contributed by atoms with Crippen molar-refractivity contribution in [1.82, 2.24) is 29.1 Å². The predicted molar refractivity (Wildman–Crippen MR) is 210 cm³/mol. The van der Waals surface area contributed by atoms with Crippen molar-refractivity contribution >= 4 is 65.8 Å². The number of rotatable bonds is 10. The van der Waals surface area contributed by atoms with Gasteiger partial charge in [-0.05, 0) is 57.9 Å². The number of likely N-dealkylation sites (tertiary alicyclic amines) is 1. The summed E-state index contributed by atoms with van der Waals surface area (Å²) in [6, 6.07) is 9.09. The predicted octanol–water partition coefficient (Wildman–Crippen LogP) is 5.98. The maximum absolute atomic E-state index is 14.1. The van der Waals surface area contributed by atoms with Gasteiger partial charge in [0.1, 0.15) is 23.3 Å². The molecule has 1 aromatic carbocycles. The van der Waals surface area contributed by atoms with Gasteiger partial charge >= 0.3 is 0 Å². The third-order valence-electron chi connectivity index (χ3n) is 9.65. The molecule has 0 atom stereocenters. The molecule has 12 nitrogen and oxygen atoms in total. The highest BCUT2D eigenvalue weighted by atomic mass is 35.5. The molecule has 0 radical (unpaired) electrons. The summed E-state index contributed by atoms with van der Waals surface area (Å²) in [7, 11) is -1.97. The molecule has 0 bridgehead atoms. The van der Waals surface area contributed by atoms with Crippen molar-refractivity contribution in [3.63, 3.8) is 0 Å². The van der Waals surface area contributed by atoms with E-state index in [-0.39, 0.29) is 46.8 Å². The van der Waals surface area contributed by atoms with Gasteiger partial charge in [-0.1, -0.05) is 23.4 Å². The highest BCUT2D eigenvalue weighted by molar-refractivity contribution is 7.90. The molecular formula is C38H37ClF2N8O4S2. The number of nitrogens with one attached hydrogen (secondary N) is 1. The summed E-state index contributed by atoms with van der Waals surface area (Å²) in [6.07, 6.45) is 4.18. The molecule has 5 aromatic rings. The summed E-state index contributed by atoms with van der Waals surface area (Å²) in [5.41, 5.74) is 2.28. The van der Waals surface area contributed by atoms with Gasteiger partial charge in [-0.25, -0.2) is 31.9 Å². The average molecular weight is 807 g/mol. The number of nitriles is 1. The second-order valence-corrected chi connectivity index (χ2v) is 16.7. The Morgan fingerprint density at radius 2 is 1.95 bits per heavy atom. The molecule has 0 spiro atoms. The Bertz CT molecular complexity index is 2580. The molecule has 286 valence electrons. The fourth-order valence-electron chi connectivity index (χ4n) is 6.56. The van der Waals surface area contributed by atoms with Gasteiger partial charge in [-0.15, -0.1) is 11.3 Å². The second kappa shape index (κ2) is 16.0. The van der Waals surface area contributed by atoms with Crippen LogP contribution in [0.15, 0.2) is 46.8 Å². The maximum atomic E-state index is 14.1. The fraction of sp³-hybridized carbons (Fsp3) is 0.368. The molecule has 17 heteroatoms. The van der Waals surface area contributed by atoms with Crippen LogP contribution < -0.4 is 15.2 Å². The number of amides is 1. The quantitative estimate of drug-likeness (QED) is 0.167. The van der Waals surface area contributed by atoms with E-state index in [9.17, 15) is 32.0 Å². The van der Waals surface area contributed by atoms with Crippen molar-refractivity contribution < 1.29 is 22.0 Å².